The second-order valence-electron chi connectivity index (χ2n) is 3.30. The Kier molecular flexibility index (Phi) is 2.84. The van der Waals surface area contributed by atoms with Crippen LogP contribution in [0.15, 0.2) is 12.1 Å². The summed E-state index contributed by atoms with van der Waals surface area (Å²) in [6.07, 6.45) is 0. The van der Waals surface area contributed by atoms with Gasteiger partial charge < -0.3 is 4.90 Å². The van der Waals surface area contributed by atoms with Gasteiger partial charge in [-0.2, -0.15) is 0 Å². The normalized spacial score (nSPS) is 10.1. The van der Waals surface area contributed by atoms with E-state index in [1.807, 2.05) is 0 Å². The van der Waals surface area contributed by atoms with E-state index < -0.39 is 23.1 Å². The number of halogens is 2. The molecular weight excluding hydrogens is 188 g/mol. The van der Waals surface area contributed by atoms with E-state index in [-0.39, 0.29) is 0 Å². The Balaban J connectivity index is 3.28. The molecule has 0 aliphatic carbocycles. The fourth-order valence-electron chi connectivity index (χ4n) is 1.13. The van der Waals surface area contributed by atoms with Crippen LogP contribution >= 0.6 is 0 Å². The molecule has 1 rings (SSSR count). The number of rotatable bonds is 1. The van der Waals surface area contributed by atoms with Gasteiger partial charge in [-0.05, 0) is 24.6 Å². The van der Waals surface area contributed by atoms with Gasteiger partial charge in [0.25, 0.3) is 5.91 Å². The molecule has 1 aromatic carbocycles. The van der Waals surface area contributed by atoms with E-state index in [2.05, 4.69) is 0 Å². The van der Waals surface area contributed by atoms with Gasteiger partial charge in [-0.25, -0.2) is 8.78 Å². The first-order chi connectivity index (χ1) is 6.43. The number of aryl methyl sites for hydroxylation is 1. The number of hydrogen-bond acceptors (Lipinski definition) is 1. The van der Waals surface area contributed by atoms with Gasteiger partial charge in [-0.1, -0.05) is 0 Å². The molecule has 0 aromatic heterocycles. The largest absolute Gasteiger partial charge is 0.345 e. The molecule has 0 aliphatic rings. The van der Waals surface area contributed by atoms with Crippen molar-refractivity contribution >= 4 is 5.91 Å². The van der Waals surface area contributed by atoms with Crippen LogP contribution in [-0.4, -0.2) is 24.9 Å². The third-order valence-corrected chi connectivity index (χ3v) is 1.81. The Bertz CT molecular complexity index is 351. The zero-order valence-corrected chi connectivity index (χ0v) is 8.27. The smallest absolute Gasteiger partial charge is 0.259 e. The van der Waals surface area contributed by atoms with E-state index in [0.29, 0.717) is 5.56 Å². The van der Waals surface area contributed by atoms with Crippen LogP contribution in [0.3, 0.4) is 0 Å². The van der Waals surface area contributed by atoms with E-state index >= 15 is 0 Å². The fraction of sp³-hybridized carbons (Fsp3) is 0.300. The first kappa shape index (κ1) is 10.6. The van der Waals surface area contributed by atoms with Crippen LogP contribution in [0.5, 0.6) is 0 Å². The van der Waals surface area contributed by atoms with Crippen LogP contribution in [0.2, 0.25) is 0 Å². The minimum Gasteiger partial charge on any atom is -0.345 e. The molecule has 0 fully saturated rings. The maximum Gasteiger partial charge on any atom is 0.259 e. The summed E-state index contributed by atoms with van der Waals surface area (Å²) in [7, 11) is 2.89. The maximum absolute atomic E-state index is 13.2. The number of benzene rings is 1. The number of carbonyl (C=O) groups is 1. The van der Waals surface area contributed by atoms with Crippen LogP contribution in [0, 0.1) is 18.6 Å². The molecule has 4 heteroatoms. The van der Waals surface area contributed by atoms with Gasteiger partial charge >= 0.3 is 0 Å². The highest BCUT2D eigenvalue weighted by molar-refractivity contribution is 5.94. The van der Waals surface area contributed by atoms with Crippen molar-refractivity contribution < 1.29 is 13.6 Å². The van der Waals surface area contributed by atoms with Gasteiger partial charge in [0.2, 0.25) is 0 Å². The Labute approximate surface area is 81.1 Å². The topological polar surface area (TPSA) is 20.3 Å². The Hall–Kier alpha value is -1.45. The van der Waals surface area contributed by atoms with Gasteiger partial charge in [-0.3, -0.25) is 4.79 Å². The standard InChI is InChI=1S/C10H11F2NO/c1-6-4-7(11)9(8(12)5-6)10(14)13(2)3/h4-5H,1-3H3. The lowest BCUT2D eigenvalue weighted by atomic mass is 10.1. The third kappa shape index (κ3) is 1.89. The molecule has 0 heterocycles. The summed E-state index contributed by atoms with van der Waals surface area (Å²) in [5.41, 5.74) is -0.0455. The lowest BCUT2D eigenvalue weighted by molar-refractivity contribution is 0.0818. The van der Waals surface area contributed by atoms with Crippen molar-refractivity contribution in [3.8, 4) is 0 Å². The maximum atomic E-state index is 13.2. The summed E-state index contributed by atoms with van der Waals surface area (Å²) < 4.78 is 26.5. The molecule has 14 heavy (non-hydrogen) atoms. The minimum absolute atomic E-state index is 0.454. The molecule has 0 bridgehead atoms. The van der Waals surface area contributed by atoms with Gasteiger partial charge in [0.15, 0.2) is 0 Å². The summed E-state index contributed by atoms with van der Waals surface area (Å²) in [6.45, 7) is 1.57. The van der Waals surface area contributed by atoms with Crippen molar-refractivity contribution in [3.05, 3.63) is 34.9 Å². The van der Waals surface area contributed by atoms with Gasteiger partial charge in [0, 0.05) is 14.1 Å². The predicted molar refractivity (Wildman–Crippen MR) is 49.1 cm³/mol. The van der Waals surface area contributed by atoms with Crippen molar-refractivity contribution in [1.82, 2.24) is 4.90 Å². The van der Waals surface area contributed by atoms with E-state index in [1.54, 1.807) is 6.92 Å². The molecule has 0 saturated heterocycles. The predicted octanol–water partition coefficient (Wildman–Crippen LogP) is 1.98. The average Bonchev–Trinajstić information content (AvgIpc) is 2.01. The zero-order valence-electron chi connectivity index (χ0n) is 8.27. The molecule has 76 valence electrons. The highest BCUT2D eigenvalue weighted by atomic mass is 19.1. The number of amides is 1. The van der Waals surface area contributed by atoms with Crippen LogP contribution in [0.1, 0.15) is 15.9 Å². The highest BCUT2D eigenvalue weighted by Crippen LogP contribution is 2.16. The Morgan fingerprint density at radius 2 is 1.64 bits per heavy atom. The average molecular weight is 199 g/mol. The van der Waals surface area contributed by atoms with Crippen molar-refractivity contribution in [2.45, 2.75) is 6.92 Å². The molecule has 0 radical (unpaired) electrons. The molecule has 0 saturated carbocycles. The van der Waals surface area contributed by atoms with E-state index in [4.69, 9.17) is 0 Å². The molecule has 0 N–H and O–H groups in total. The molecule has 1 amide bonds. The molecule has 0 aliphatic heterocycles. The summed E-state index contributed by atoms with van der Waals surface area (Å²) in [5.74, 6) is -2.30. The summed E-state index contributed by atoms with van der Waals surface area (Å²) >= 11 is 0. The molecule has 2 nitrogen and oxygen atoms in total. The van der Waals surface area contributed by atoms with Crippen molar-refractivity contribution in [2.24, 2.45) is 0 Å². The SMILES string of the molecule is Cc1cc(F)c(C(=O)N(C)C)c(F)c1. The van der Waals surface area contributed by atoms with E-state index in [0.717, 1.165) is 17.0 Å². The lowest BCUT2D eigenvalue weighted by Crippen LogP contribution is -2.24. The fourth-order valence-corrected chi connectivity index (χ4v) is 1.13. The molecule has 0 unspecified atom stereocenters. The monoisotopic (exact) mass is 199 g/mol. The first-order valence-electron chi connectivity index (χ1n) is 4.10. The van der Waals surface area contributed by atoms with E-state index in [1.165, 1.54) is 14.1 Å². The number of carbonyl (C=O) groups excluding carboxylic acids is 1. The molecular formula is C10H11F2NO. The second kappa shape index (κ2) is 3.74. The van der Waals surface area contributed by atoms with Gasteiger partial charge in [0.1, 0.15) is 17.2 Å². The molecule has 1 aromatic rings. The van der Waals surface area contributed by atoms with Gasteiger partial charge in [0.05, 0.1) is 0 Å². The van der Waals surface area contributed by atoms with Crippen molar-refractivity contribution in [1.29, 1.82) is 0 Å². The Morgan fingerprint density at radius 3 is 2.00 bits per heavy atom. The molecule has 0 atom stereocenters. The lowest BCUT2D eigenvalue weighted by Gasteiger charge is -2.11. The van der Waals surface area contributed by atoms with Crippen molar-refractivity contribution in [2.75, 3.05) is 14.1 Å². The first-order valence-corrected chi connectivity index (χ1v) is 4.10. The minimum atomic E-state index is -0.818. The zero-order chi connectivity index (χ0) is 10.9. The summed E-state index contributed by atoms with van der Waals surface area (Å²) in [4.78, 5) is 12.5. The third-order valence-electron chi connectivity index (χ3n) is 1.81. The van der Waals surface area contributed by atoms with Crippen LogP contribution in [0.4, 0.5) is 8.78 Å². The summed E-state index contributed by atoms with van der Waals surface area (Å²) in [6, 6.07) is 2.28. The highest BCUT2D eigenvalue weighted by Gasteiger charge is 2.19. The summed E-state index contributed by atoms with van der Waals surface area (Å²) in [5, 5.41) is 0. The Morgan fingerprint density at radius 1 is 1.21 bits per heavy atom. The second-order valence-corrected chi connectivity index (χ2v) is 3.30. The van der Waals surface area contributed by atoms with Crippen molar-refractivity contribution in [3.63, 3.8) is 0 Å². The molecule has 0 spiro atoms. The van der Waals surface area contributed by atoms with E-state index in [9.17, 15) is 13.6 Å². The van der Waals surface area contributed by atoms with Crippen LogP contribution in [-0.2, 0) is 0 Å². The number of nitrogens with zero attached hydrogens (tertiary/aromatic N) is 1. The quantitative estimate of drug-likeness (QED) is 0.677. The van der Waals surface area contributed by atoms with Crippen LogP contribution < -0.4 is 0 Å². The van der Waals surface area contributed by atoms with Gasteiger partial charge in [-0.15, -0.1) is 0 Å². The number of hydrogen-bond donors (Lipinski definition) is 0. The van der Waals surface area contributed by atoms with Crippen LogP contribution in [0.25, 0.3) is 0 Å².